The third-order valence-electron chi connectivity index (χ3n) is 11.4. The van der Waals surface area contributed by atoms with Crippen LogP contribution in [0.3, 0.4) is 0 Å². The second-order valence-corrected chi connectivity index (χ2v) is 19.4. The van der Waals surface area contributed by atoms with Gasteiger partial charge in [0.05, 0.1) is 54.1 Å². The highest BCUT2D eigenvalue weighted by Gasteiger charge is 2.37. The number of ether oxygens (including phenoxy) is 2. The highest BCUT2D eigenvalue weighted by atomic mass is 32.1. The van der Waals surface area contributed by atoms with Gasteiger partial charge in [-0.15, -0.1) is 45.3 Å². The molecule has 58 heavy (non-hydrogen) atoms. The minimum atomic E-state index is -0.318. The Bertz CT molecular complexity index is 1870. The molecule has 0 aromatic carbocycles. The Kier molecular flexibility index (Phi) is 13.3. The number of carbonyl (C=O) groups excluding carboxylic acids is 4. The van der Waals surface area contributed by atoms with E-state index in [0.717, 1.165) is 45.7 Å². The summed E-state index contributed by atoms with van der Waals surface area (Å²) in [5, 5.41) is 14.3. The van der Waals surface area contributed by atoms with Crippen molar-refractivity contribution in [1.29, 1.82) is 0 Å². The van der Waals surface area contributed by atoms with E-state index in [1.54, 1.807) is 59.0 Å². The standard InChI is InChI=1S/C40H50N8O6S4/c1-45(33-9-7-31(57-33)39(51)47-21-25(22-47)35-41-11-15-55-35)37(49)29-17-27(19-43-29)53-13-5-3-4-6-14-54-28-18-30(44-20-28)38(50)46(2)34-10-8-32(58-34)40(52)48-23-26(24-48)36-42-12-16-56-36/h7-12,15-16,25-30,43-44H,3-6,13-14,17-24H2,1-2H3/t27-,28-,29+,30?/m1/s1. The van der Waals surface area contributed by atoms with Crippen molar-refractivity contribution >= 4 is 79.0 Å². The highest BCUT2D eigenvalue weighted by molar-refractivity contribution is 7.18. The summed E-state index contributed by atoms with van der Waals surface area (Å²) in [5.74, 6) is 0.597. The van der Waals surface area contributed by atoms with E-state index in [4.69, 9.17) is 9.47 Å². The topological polar surface area (TPSA) is 150 Å². The average molecular weight is 867 g/mol. The maximum absolute atomic E-state index is 13.3. The maximum atomic E-state index is 13.3. The molecule has 14 nitrogen and oxygen atoms in total. The van der Waals surface area contributed by atoms with Crippen molar-refractivity contribution in [3.8, 4) is 0 Å². The molecule has 4 aliphatic heterocycles. The second kappa shape index (κ2) is 18.8. The van der Waals surface area contributed by atoms with Crippen LogP contribution in [0.4, 0.5) is 10.0 Å². The monoisotopic (exact) mass is 866 g/mol. The van der Waals surface area contributed by atoms with Crippen LogP contribution in [0.2, 0.25) is 0 Å². The Morgan fingerprint density at radius 3 is 1.50 bits per heavy atom. The SMILES string of the molecule is CN(C(=O)C1C[C@@H](OCCCCCCO[C@H]2CN[C@H](C(=O)N(C)c3ccc(C(=O)N4CC(c5nccs5)C4)s3)C2)CN1)c1ccc(C(=O)N2CC(c3nccs3)C2)s1. The zero-order valence-electron chi connectivity index (χ0n) is 32.7. The lowest BCUT2D eigenvalue weighted by Crippen LogP contribution is -2.48. The van der Waals surface area contributed by atoms with Crippen LogP contribution in [0.25, 0.3) is 0 Å². The molecule has 0 radical (unpaired) electrons. The Morgan fingerprint density at radius 1 is 0.672 bits per heavy atom. The molecular formula is C40H50N8O6S4. The van der Waals surface area contributed by atoms with Gasteiger partial charge in [0.2, 0.25) is 11.8 Å². The van der Waals surface area contributed by atoms with Gasteiger partial charge in [0.15, 0.2) is 0 Å². The molecule has 4 fully saturated rings. The molecule has 0 saturated carbocycles. The quantitative estimate of drug-likeness (QED) is 0.141. The minimum Gasteiger partial charge on any atom is -0.377 e. The zero-order valence-corrected chi connectivity index (χ0v) is 36.0. The molecule has 0 bridgehead atoms. The first-order valence-electron chi connectivity index (χ1n) is 20.0. The van der Waals surface area contributed by atoms with E-state index in [1.165, 1.54) is 22.7 Å². The summed E-state index contributed by atoms with van der Waals surface area (Å²) in [7, 11) is 3.54. The van der Waals surface area contributed by atoms with E-state index in [1.807, 2.05) is 44.8 Å². The number of likely N-dealkylation sites (tertiary alicyclic amines) is 2. The lowest BCUT2D eigenvalue weighted by atomic mass is 10.0. The lowest BCUT2D eigenvalue weighted by Gasteiger charge is -2.37. The van der Waals surface area contributed by atoms with Crippen molar-refractivity contribution in [2.45, 2.75) is 74.7 Å². The number of rotatable bonds is 17. The fraction of sp³-hybridized carbons (Fsp3) is 0.550. The molecule has 2 N–H and O–H groups in total. The van der Waals surface area contributed by atoms with Crippen molar-refractivity contribution in [3.05, 3.63) is 67.2 Å². The van der Waals surface area contributed by atoms with Crippen molar-refractivity contribution in [2.75, 3.05) is 76.4 Å². The molecule has 4 aliphatic rings. The van der Waals surface area contributed by atoms with Crippen molar-refractivity contribution in [3.63, 3.8) is 0 Å². The summed E-state index contributed by atoms with van der Waals surface area (Å²) in [6.45, 7) is 5.29. The predicted molar refractivity (Wildman–Crippen MR) is 228 cm³/mol. The van der Waals surface area contributed by atoms with Crippen LogP contribution in [0.5, 0.6) is 0 Å². The number of nitrogens with zero attached hydrogens (tertiary/aromatic N) is 6. The third kappa shape index (κ3) is 9.39. The van der Waals surface area contributed by atoms with Gasteiger partial charge in [0.25, 0.3) is 11.8 Å². The molecule has 310 valence electrons. The van der Waals surface area contributed by atoms with E-state index >= 15 is 0 Å². The van der Waals surface area contributed by atoms with Crippen LogP contribution in [0.1, 0.15) is 79.7 Å². The van der Waals surface area contributed by atoms with E-state index in [0.29, 0.717) is 86.9 Å². The summed E-state index contributed by atoms with van der Waals surface area (Å²) in [6, 6.07) is 6.70. The van der Waals surface area contributed by atoms with Gasteiger partial charge in [-0.3, -0.25) is 19.2 Å². The van der Waals surface area contributed by atoms with E-state index in [2.05, 4.69) is 20.6 Å². The van der Waals surface area contributed by atoms with Crippen molar-refractivity contribution in [1.82, 2.24) is 30.4 Å². The number of hydrogen-bond acceptors (Lipinski definition) is 14. The molecule has 4 saturated heterocycles. The van der Waals surface area contributed by atoms with Gasteiger partial charge in [-0.05, 0) is 49.9 Å². The van der Waals surface area contributed by atoms with Gasteiger partial charge in [-0.25, -0.2) is 9.97 Å². The first-order chi connectivity index (χ1) is 28.2. The Morgan fingerprint density at radius 2 is 1.10 bits per heavy atom. The molecule has 4 aromatic rings. The van der Waals surface area contributed by atoms with Crippen LogP contribution >= 0.6 is 45.3 Å². The molecule has 0 spiro atoms. The molecule has 8 rings (SSSR count). The van der Waals surface area contributed by atoms with Gasteiger partial charge in [-0.1, -0.05) is 12.8 Å². The van der Waals surface area contributed by atoms with Gasteiger partial charge in [0, 0.05) is 102 Å². The zero-order chi connectivity index (χ0) is 40.2. The summed E-state index contributed by atoms with van der Waals surface area (Å²) in [6.07, 6.45) is 8.77. The number of thiazole rings is 2. The van der Waals surface area contributed by atoms with Crippen LogP contribution in [-0.2, 0) is 19.1 Å². The summed E-state index contributed by atoms with van der Waals surface area (Å²) in [4.78, 5) is 69.6. The number of amides is 4. The van der Waals surface area contributed by atoms with Crippen molar-refractivity contribution in [2.24, 2.45) is 0 Å². The van der Waals surface area contributed by atoms with Gasteiger partial charge >= 0.3 is 0 Å². The molecular weight excluding hydrogens is 817 g/mol. The first kappa shape index (κ1) is 41.1. The Labute approximate surface area is 354 Å². The molecule has 8 heterocycles. The average Bonchev–Trinajstić information content (AvgIpc) is 4.05. The predicted octanol–water partition coefficient (Wildman–Crippen LogP) is 4.88. The number of carbonyl (C=O) groups is 4. The molecule has 4 amide bonds. The smallest absolute Gasteiger partial charge is 0.264 e. The number of anilines is 2. The molecule has 1 unspecified atom stereocenters. The van der Waals surface area contributed by atoms with Gasteiger partial charge in [-0.2, -0.15) is 0 Å². The van der Waals surface area contributed by atoms with Gasteiger partial charge < -0.3 is 39.7 Å². The number of unbranched alkanes of at least 4 members (excludes halogenated alkanes) is 3. The molecule has 4 atom stereocenters. The first-order valence-corrected chi connectivity index (χ1v) is 23.4. The summed E-state index contributed by atoms with van der Waals surface area (Å²) < 4.78 is 12.3. The second-order valence-electron chi connectivity index (χ2n) is 15.4. The largest absolute Gasteiger partial charge is 0.377 e. The number of aromatic nitrogens is 2. The van der Waals surface area contributed by atoms with Crippen molar-refractivity contribution < 1.29 is 28.7 Å². The molecule has 18 heteroatoms. The third-order valence-corrected chi connectivity index (χ3v) is 15.6. The number of likely N-dealkylation sites (N-methyl/N-ethyl adjacent to an activating group) is 2. The number of nitrogens with one attached hydrogen (secondary N) is 2. The van der Waals surface area contributed by atoms with E-state index in [-0.39, 0.29) is 47.9 Å². The summed E-state index contributed by atoms with van der Waals surface area (Å²) in [5.41, 5.74) is 0. The lowest BCUT2D eigenvalue weighted by molar-refractivity contribution is -0.120. The van der Waals surface area contributed by atoms with E-state index < -0.39 is 0 Å². The van der Waals surface area contributed by atoms with Crippen LogP contribution in [0, 0.1) is 0 Å². The van der Waals surface area contributed by atoms with Gasteiger partial charge in [0.1, 0.15) is 0 Å². The fourth-order valence-electron chi connectivity index (χ4n) is 7.81. The highest BCUT2D eigenvalue weighted by Crippen LogP contribution is 2.35. The molecule has 0 aliphatic carbocycles. The Balaban J connectivity index is 0.659. The minimum absolute atomic E-state index is 0.00622. The Hall–Kier alpha value is -3.62. The van der Waals surface area contributed by atoms with Crippen LogP contribution in [-0.4, -0.2) is 134 Å². The number of hydrogen-bond donors (Lipinski definition) is 2. The molecule has 4 aromatic heterocycles. The normalized spacial score (nSPS) is 22.2. The maximum Gasteiger partial charge on any atom is 0.264 e. The van der Waals surface area contributed by atoms with Crippen LogP contribution in [0.15, 0.2) is 47.4 Å². The fourth-order valence-corrected chi connectivity index (χ4v) is 11.1. The summed E-state index contributed by atoms with van der Waals surface area (Å²) >= 11 is 5.97. The van der Waals surface area contributed by atoms with Crippen LogP contribution < -0.4 is 20.4 Å². The van der Waals surface area contributed by atoms with E-state index in [9.17, 15) is 19.2 Å². The number of thiophene rings is 2.